The van der Waals surface area contributed by atoms with Crippen LogP contribution in [0.5, 0.6) is 5.75 Å². The van der Waals surface area contributed by atoms with Gasteiger partial charge in [0.1, 0.15) is 17.3 Å². The molecule has 0 saturated heterocycles. The van der Waals surface area contributed by atoms with Crippen molar-refractivity contribution in [1.82, 2.24) is 0 Å². The predicted octanol–water partition coefficient (Wildman–Crippen LogP) is 3.18. The lowest BCUT2D eigenvalue weighted by Crippen LogP contribution is -2.36. The Hall–Kier alpha value is -2.70. The van der Waals surface area contributed by atoms with Crippen LogP contribution in [0.1, 0.15) is 17.5 Å². The number of ketones is 1. The summed E-state index contributed by atoms with van der Waals surface area (Å²) in [6, 6.07) is 17.4. The van der Waals surface area contributed by atoms with Crippen LogP contribution in [0.15, 0.2) is 54.6 Å². The number of ether oxygens (including phenoxy) is 4. The summed E-state index contributed by atoms with van der Waals surface area (Å²) in [5.74, 6) is -0.135. The molecular weight excluding hydrogens is 384 g/mol. The Labute approximate surface area is 176 Å². The highest BCUT2D eigenvalue weighted by Crippen LogP contribution is 2.65. The van der Waals surface area contributed by atoms with E-state index >= 15 is 0 Å². The number of fused-ring (bicyclic) bond motifs is 1. The zero-order valence-corrected chi connectivity index (χ0v) is 17.2. The number of esters is 1. The molecule has 4 rings (SSSR count). The van der Waals surface area contributed by atoms with Crippen LogP contribution in [-0.4, -0.2) is 38.7 Å². The minimum atomic E-state index is -1.06. The van der Waals surface area contributed by atoms with Gasteiger partial charge in [-0.05, 0) is 35.6 Å². The molecule has 0 bridgehead atoms. The zero-order chi connectivity index (χ0) is 21.1. The monoisotopic (exact) mass is 410 g/mol. The van der Waals surface area contributed by atoms with Gasteiger partial charge in [-0.25, -0.2) is 0 Å². The number of Topliss-reactive ketones (excluding diaryl/α,β-unsaturated/α-hetero) is 1. The van der Waals surface area contributed by atoms with Gasteiger partial charge in [-0.1, -0.05) is 42.5 Å². The molecular formula is C24H26O6. The number of hydrogen-bond donors (Lipinski definition) is 0. The molecule has 0 amide bonds. The standard InChI is InChI=1S/C24H26O6/c1-27-18-10-8-17(9-11-18)14-30-21-19(15-29-13-16-6-4-3-5-7-16)20-12-24(20,22(21)25)23(26)28-2/h3-11,19-21H,12-15H2,1-2H3/t19-,20-,21+,24+/m1/s1. The van der Waals surface area contributed by atoms with Gasteiger partial charge < -0.3 is 18.9 Å². The maximum absolute atomic E-state index is 13.1. The van der Waals surface area contributed by atoms with Crippen LogP contribution in [0, 0.1) is 17.3 Å². The first kappa shape index (κ1) is 20.6. The summed E-state index contributed by atoms with van der Waals surface area (Å²) >= 11 is 0. The van der Waals surface area contributed by atoms with Crippen molar-refractivity contribution in [2.75, 3.05) is 20.8 Å². The fourth-order valence-corrected chi connectivity index (χ4v) is 4.46. The third kappa shape index (κ3) is 3.73. The number of benzene rings is 2. The molecule has 0 heterocycles. The Morgan fingerprint density at radius 2 is 1.70 bits per heavy atom. The molecule has 0 radical (unpaired) electrons. The van der Waals surface area contributed by atoms with Gasteiger partial charge in [-0.15, -0.1) is 0 Å². The largest absolute Gasteiger partial charge is 0.497 e. The van der Waals surface area contributed by atoms with Crippen LogP contribution >= 0.6 is 0 Å². The van der Waals surface area contributed by atoms with Crippen molar-refractivity contribution in [1.29, 1.82) is 0 Å². The smallest absolute Gasteiger partial charge is 0.319 e. The molecule has 2 aliphatic rings. The van der Waals surface area contributed by atoms with Crippen molar-refractivity contribution in [3.05, 3.63) is 65.7 Å². The summed E-state index contributed by atoms with van der Waals surface area (Å²) < 4.78 is 22.1. The Morgan fingerprint density at radius 3 is 2.37 bits per heavy atom. The third-order valence-corrected chi connectivity index (χ3v) is 6.18. The van der Waals surface area contributed by atoms with Crippen molar-refractivity contribution in [3.63, 3.8) is 0 Å². The summed E-state index contributed by atoms with van der Waals surface area (Å²) in [5.41, 5.74) is 0.938. The number of methoxy groups -OCH3 is 2. The molecule has 0 unspecified atom stereocenters. The van der Waals surface area contributed by atoms with E-state index in [0.717, 1.165) is 16.9 Å². The molecule has 30 heavy (non-hydrogen) atoms. The molecule has 6 heteroatoms. The van der Waals surface area contributed by atoms with Gasteiger partial charge in [0.15, 0.2) is 5.78 Å². The second kappa shape index (κ2) is 8.58. The first-order valence-electron chi connectivity index (χ1n) is 10.1. The van der Waals surface area contributed by atoms with Crippen LogP contribution in [0.25, 0.3) is 0 Å². The lowest BCUT2D eigenvalue weighted by Gasteiger charge is -2.22. The Morgan fingerprint density at radius 1 is 1.00 bits per heavy atom. The topological polar surface area (TPSA) is 71.1 Å². The van der Waals surface area contributed by atoms with Gasteiger partial charge in [0.25, 0.3) is 0 Å². The fraction of sp³-hybridized carbons (Fsp3) is 0.417. The van der Waals surface area contributed by atoms with Crippen LogP contribution in [0.3, 0.4) is 0 Å². The lowest BCUT2D eigenvalue weighted by molar-refractivity contribution is -0.154. The second-order valence-electron chi connectivity index (χ2n) is 7.88. The highest BCUT2D eigenvalue weighted by atomic mass is 16.5. The number of hydrogen-bond acceptors (Lipinski definition) is 6. The molecule has 0 aromatic heterocycles. The van der Waals surface area contributed by atoms with E-state index in [4.69, 9.17) is 18.9 Å². The van der Waals surface area contributed by atoms with Crippen molar-refractivity contribution < 1.29 is 28.5 Å². The maximum atomic E-state index is 13.1. The van der Waals surface area contributed by atoms with Gasteiger partial charge in [0.05, 0.1) is 34.0 Å². The van der Waals surface area contributed by atoms with E-state index in [-0.39, 0.29) is 24.2 Å². The second-order valence-corrected chi connectivity index (χ2v) is 7.88. The van der Waals surface area contributed by atoms with E-state index in [1.54, 1.807) is 7.11 Å². The summed E-state index contributed by atoms with van der Waals surface area (Å²) in [7, 11) is 2.94. The molecule has 0 spiro atoms. The molecule has 6 nitrogen and oxygen atoms in total. The molecule has 2 aromatic carbocycles. The fourth-order valence-electron chi connectivity index (χ4n) is 4.46. The average Bonchev–Trinajstić information content (AvgIpc) is 3.50. The van der Waals surface area contributed by atoms with Crippen LogP contribution < -0.4 is 4.74 Å². The number of carbonyl (C=O) groups is 2. The lowest BCUT2D eigenvalue weighted by atomic mass is 9.99. The van der Waals surface area contributed by atoms with E-state index in [2.05, 4.69) is 0 Å². The first-order valence-corrected chi connectivity index (χ1v) is 10.1. The predicted molar refractivity (Wildman–Crippen MR) is 109 cm³/mol. The van der Waals surface area contributed by atoms with Gasteiger partial charge in [0, 0.05) is 5.92 Å². The van der Waals surface area contributed by atoms with Crippen molar-refractivity contribution in [2.24, 2.45) is 17.3 Å². The Balaban J connectivity index is 1.44. The first-order chi connectivity index (χ1) is 14.6. The zero-order valence-electron chi connectivity index (χ0n) is 17.2. The molecule has 0 aliphatic heterocycles. The molecule has 4 atom stereocenters. The summed E-state index contributed by atoms with van der Waals surface area (Å²) in [4.78, 5) is 25.5. The van der Waals surface area contributed by atoms with E-state index in [1.165, 1.54) is 7.11 Å². The maximum Gasteiger partial charge on any atom is 0.319 e. The molecule has 158 valence electrons. The minimum absolute atomic E-state index is 0.0888. The third-order valence-electron chi connectivity index (χ3n) is 6.18. The minimum Gasteiger partial charge on any atom is -0.497 e. The SMILES string of the molecule is COC(=O)[C@@]12C[C@@H]1[C@@H](COCc1ccccc1)[C@H](OCc1ccc(OC)cc1)C2=O. The van der Waals surface area contributed by atoms with Gasteiger partial charge >= 0.3 is 5.97 Å². The molecule has 2 saturated carbocycles. The summed E-state index contributed by atoms with van der Waals surface area (Å²) in [6.07, 6.45) is -0.166. The number of carbonyl (C=O) groups excluding carboxylic acids is 2. The quantitative estimate of drug-likeness (QED) is 0.467. The van der Waals surface area contributed by atoms with Crippen molar-refractivity contribution in [3.8, 4) is 5.75 Å². The Bertz CT molecular complexity index is 894. The van der Waals surface area contributed by atoms with Gasteiger partial charge in [-0.3, -0.25) is 9.59 Å². The average molecular weight is 410 g/mol. The molecule has 0 N–H and O–H groups in total. The van der Waals surface area contributed by atoms with E-state index < -0.39 is 17.5 Å². The summed E-state index contributed by atoms with van der Waals surface area (Å²) in [6.45, 7) is 1.09. The number of rotatable bonds is 9. The highest BCUT2D eigenvalue weighted by molar-refractivity contribution is 6.11. The van der Waals surface area contributed by atoms with Crippen molar-refractivity contribution in [2.45, 2.75) is 25.7 Å². The summed E-state index contributed by atoms with van der Waals surface area (Å²) in [5, 5.41) is 0. The van der Waals surface area contributed by atoms with Crippen LogP contribution in [0.2, 0.25) is 0 Å². The van der Waals surface area contributed by atoms with Gasteiger partial charge in [0.2, 0.25) is 0 Å². The van der Waals surface area contributed by atoms with Crippen molar-refractivity contribution >= 4 is 11.8 Å². The van der Waals surface area contributed by atoms with E-state index in [1.807, 2.05) is 54.6 Å². The van der Waals surface area contributed by atoms with E-state index in [9.17, 15) is 9.59 Å². The molecule has 2 fully saturated rings. The van der Waals surface area contributed by atoms with E-state index in [0.29, 0.717) is 19.6 Å². The van der Waals surface area contributed by atoms with Crippen LogP contribution in [0.4, 0.5) is 0 Å². The van der Waals surface area contributed by atoms with Gasteiger partial charge in [-0.2, -0.15) is 0 Å². The Kier molecular flexibility index (Phi) is 5.88. The molecule has 2 aliphatic carbocycles. The normalized spacial score (nSPS) is 26.9. The molecule has 2 aromatic rings. The highest BCUT2D eigenvalue weighted by Gasteiger charge is 2.76. The van der Waals surface area contributed by atoms with Crippen LogP contribution in [-0.2, 0) is 37.0 Å².